The first-order valence-electron chi connectivity index (χ1n) is 9.44. The lowest BCUT2D eigenvalue weighted by molar-refractivity contribution is -0.0830. The highest BCUT2D eigenvalue weighted by atomic mass is 32.1. The third-order valence-corrected chi connectivity index (χ3v) is 9.16. The summed E-state index contributed by atoms with van der Waals surface area (Å²) in [5.41, 5.74) is 3.59. The van der Waals surface area contributed by atoms with Crippen LogP contribution in [-0.4, -0.2) is 73.7 Å². The van der Waals surface area contributed by atoms with Crippen molar-refractivity contribution in [1.82, 2.24) is 19.5 Å². The lowest BCUT2D eigenvalue weighted by Gasteiger charge is -2.29. The topological polar surface area (TPSA) is 282 Å². The number of anilines is 1. The molecule has 0 aromatic carbocycles. The maximum absolute atomic E-state index is 12.2. The number of nitrogens with zero attached hydrogens (tertiary/aromatic N) is 3. The Kier molecular flexibility index (Phi) is 8.01. The molecule has 18 nitrogen and oxygen atoms in total. The Hall–Kier alpha value is -1.58. The normalized spacial score (nSPS) is 28.9. The minimum Gasteiger partial charge on any atom is -0.396 e. The number of aromatic nitrogens is 4. The largest absolute Gasteiger partial charge is 0.490 e. The maximum atomic E-state index is 12.2. The number of terminal acetylenes is 1. The molecule has 0 bridgehead atoms. The monoisotopic (exact) mass is 591 g/mol. The van der Waals surface area contributed by atoms with Crippen LogP contribution in [0.1, 0.15) is 13.2 Å². The minimum atomic E-state index is -5.78. The van der Waals surface area contributed by atoms with Gasteiger partial charge in [-0.25, -0.2) is 18.7 Å². The molecular weight excluding hydrogens is 571 g/mol. The van der Waals surface area contributed by atoms with Crippen LogP contribution in [0.2, 0.25) is 0 Å². The Morgan fingerprint density at radius 3 is 2.53 bits per heavy atom. The number of ether oxygens (including phenoxy) is 1. The Labute approximate surface area is 206 Å². The predicted molar refractivity (Wildman–Crippen MR) is 120 cm³/mol. The van der Waals surface area contributed by atoms with E-state index in [1.165, 1.54) is 0 Å². The molecule has 1 aliphatic rings. The van der Waals surface area contributed by atoms with Crippen molar-refractivity contribution >= 4 is 52.8 Å². The summed E-state index contributed by atoms with van der Waals surface area (Å²) in [7, 11) is -17.0. The fraction of sp³-hybridized carbons (Fsp3) is 0.500. The van der Waals surface area contributed by atoms with Gasteiger partial charge in [-0.15, -0.1) is 6.42 Å². The van der Waals surface area contributed by atoms with Crippen LogP contribution in [0.5, 0.6) is 0 Å². The Balaban J connectivity index is 1.93. The van der Waals surface area contributed by atoms with Crippen LogP contribution in [0.15, 0.2) is 6.33 Å². The van der Waals surface area contributed by atoms with Crippen molar-refractivity contribution in [3.8, 4) is 12.3 Å². The zero-order valence-electron chi connectivity index (χ0n) is 17.9. The number of phosphoric ester groups is 1. The van der Waals surface area contributed by atoms with E-state index in [1.807, 2.05) is 0 Å². The van der Waals surface area contributed by atoms with Gasteiger partial charge in [0.1, 0.15) is 10.2 Å². The molecule has 9 N–H and O–H groups in total. The molecule has 22 heteroatoms. The molecule has 1 fully saturated rings. The quantitative estimate of drug-likeness (QED) is 0.105. The fourth-order valence-corrected chi connectivity index (χ4v) is 7.05. The summed E-state index contributed by atoms with van der Waals surface area (Å²) < 4.78 is 53.8. The average Bonchev–Trinajstić information content (AvgIpc) is 3.23. The third kappa shape index (κ3) is 5.94. The number of aliphatic hydroxyl groups excluding tert-OH is 1. The molecule has 7 atom stereocenters. The van der Waals surface area contributed by atoms with Crippen LogP contribution in [0.3, 0.4) is 0 Å². The number of phosphoric acid groups is 3. The summed E-state index contributed by atoms with van der Waals surface area (Å²) in [5, 5.41) is 21.2. The van der Waals surface area contributed by atoms with Gasteiger partial charge < -0.3 is 45.2 Å². The van der Waals surface area contributed by atoms with Crippen molar-refractivity contribution in [1.29, 1.82) is 0 Å². The van der Waals surface area contributed by atoms with Crippen molar-refractivity contribution in [3.05, 3.63) is 11.0 Å². The van der Waals surface area contributed by atoms with E-state index in [2.05, 4.69) is 29.5 Å². The number of hydrogen-bond acceptors (Lipinski definition) is 13. The number of H-pyrrole nitrogens is 1. The van der Waals surface area contributed by atoms with Gasteiger partial charge in [0.25, 0.3) is 0 Å². The van der Waals surface area contributed by atoms with E-state index in [-0.39, 0.29) is 21.8 Å². The summed E-state index contributed by atoms with van der Waals surface area (Å²) in [5.74, 6) is 0.615. The Morgan fingerprint density at radius 2 is 1.97 bits per heavy atom. The van der Waals surface area contributed by atoms with E-state index in [0.29, 0.717) is 0 Å². The maximum Gasteiger partial charge on any atom is 0.490 e. The van der Waals surface area contributed by atoms with Gasteiger partial charge in [-0.1, -0.05) is 18.1 Å². The van der Waals surface area contributed by atoms with Crippen molar-refractivity contribution in [2.75, 3.05) is 12.3 Å². The highest BCUT2D eigenvalue weighted by Crippen LogP contribution is 2.67. The summed E-state index contributed by atoms with van der Waals surface area (Å²) in [6.07, 6.45) is 2.10. The van der Waals surface area contributed by atoms with Gasteiger partial charge >= 0.3 is 23.5 Å². The highest BCUT2D eigenvalue weighted by Gasteiger charge is 2.58. The van der Waals surface area contributed by atoms with E-state index in [0.717, 1.165) is 17.8 Å². The highest BCUT2D eigenvalue weighted by molar-refractivity contribution is 7.71. The van der Waals surface area contributed by atoms with Gasteiger partial charge in [0.05, 0.1) is 31.1 Å². The molecule has 0 amide bonds. The Morgan fingerprint density at radius 1 is 1.33 bits per heavy atom. The van der Waals surface area contributed by atoms with Gasteiger partial charge in [0.2, 0.25) is 5.95 Å². The van der Waals surface area contributed by atoms with E-state index in [9.17, 15) is 33.7 Å². The second-order valence-corrected chi connectivity index (χ2v) is 12.2. The SMILES string of the molecule is C#CC1(O)C(CO)[C@@H]([C@@H](C)OP(=O)(O)OP(=O)(O)OP(=O)(O)O)O[C@H]1n1cnc2c(=S)[nH]c(N)nc21. The molecular formula is C14H20N5O13P3S. The molecule has 4 unspecified atom stereocenters. The molecule has 0 spiro atoms. The van der Waals surface area contributed by atoms with Gasteiger partial charge in [0, 0.05) is 0 Å². The minimum absolute atomic E-state index is 0.0350. The molecule has 2 aromatic rings. The van der Waals surface area contributed by atoms with Crippen LogP contribution < -0.4 is 5.73 Å². The lowest BCUT2D eigenvalue weighted by atomic mass is 9.84. The number of nitrogens with one attached hydrogen (secondary N) is 1. The first-order valence-corrected chi connectivity index (χ1v) is 14.4. The first kappa shape index (κ1) is 29.0. The summed E-state index contributed by atoms with van der Waals surface area (Å²) >= 11 is 5.13. The van der Waals surface area contributed by atoms with Crippen molar-refractivity contribution in [2.45, 2.75) is 31.0 Å². The van der Waals surface area contributed by atoms with Crippen LogP contribution in [-0.2, 0) is 31.6 Å². The van der Waals surface area contributed by atoms with Gasteiger partial charge in [-0.2, -0.15) is 13.6 Å². The number of imidazole rings is 1. The number of nitrogen functional groups attached to an aromatic ring is 1. The molecule has 3 heterocycles. The smallest absolute Gasteiger partial charge is 0.396 e. The number of fused-ring (bicyclic) bond motifs is 1. The van der Waals surface area contributed by atoms with E-state index >= 15 is 0 Å². The van der Waals surface area contributed by atoms with Crippen LogP contribution in [0, 0.1) is 22.9 Å². The number of nitrogens with two attached hydrogens (primary N) is 1. The average molecular weight is 591 g/mol. The second-order valence-electron chi connectivity index (χ2n) is 7.39. The third-order valence-electron chi connectivity index (χ3n) is 4.93. The second kappa shape index (κ2) is 9.95. The van der Waals surface area contributed by atoms with Crippen LogP contribution in [0.4, 0.5) is 5.95 Å². The zero-order valence-corrected chi connectivity index (χ0v) is 21.4. The molecule has 36 heavy (non-hydrogen) atoms. The van der Waals surface area contributed by atoms with Crippen LogP contribution in [0.25, 0.3) is 11.2 Å². The van der Waals surface area contributed by atoms with Crippen molar-refractivity contribution in [3.63, 3.8) is 0 Å². The molecule has 0 saturated carbocycles. The predicted octanol–water partition coefficient (Wildman–Crippen LogP) is -0.327. The molecule has 3 rings (SSSR count). The van der Waals surface area contributed by atoms with E-state index < -0.39 is 60.0 Å². The fourth-order valence-electron chi connectivity index (χ4n) is 3.60. The summed E-state index contributed by atoms with van der Waals surface area (Å²) in [4.78, 5) is 47.1. The lowest BCUT2D eigenvalue weighted by Crippen LogP contribution is -2.45. The van der Waals surface area contributed by atoms with Crippen LogP contribution >= 0.6 is 35.7 Å². The van der Waals surface area contributed by atoms with Crippen molar-refractivity contribution < 1.29 is 61.4 Å². The molecule has 1 aliphatic heterocycles. The summed E-state index contributed by atoms with van der Waals surface area (Å²) in [6, 6.07) is 0. The number of rotatable bonds is 9. The van der Waals surface area contributed by atoms with Gasteiger partial charge in [0.15, 0.2) is 17.5 Å². The number of aliphatic hydroxyl groups is 2. The van der Waals surface area contributed by atoms with Gasteiger partial charge in [-0.05, 0) is 6.92 Å². The number of aromatic amines is 1. The Bertz CT molecular complexity index is 1400. The summed E-state index contributed by atoms with van der Waals surface area (Å²) in [6.45, 7) is 0.262. The molecule has 2 aromatic heterocycles. The molecule has 1 saturated heterocycles. The number of hydrogen-bond donors (Lipinski definition) is 8. The zero-order chi connectivity index (χ0) is 27.3. The van der Waals surface area contributed by atoms with E-state index in [1.54, 1.807) is 0 Å². The van der Waals surface area contributed by atoms with Gasteiger partial charge in [-0.3, -0.25) is 9.09 Å². The van der Waals surface area contributed by atoms with Crippen molar-refractivity contribution in [2.24, 2.45) is 5.92 Å². The molecule has 200 valence electrons. The first-order chi connectivity index (χ1) is 16.4. The standard InChI is InChI=1S/C14H20N5O13P3S/c1-3-14(21)7(4-20)9(6(2)30-34(25,26)32-35(27,28)31-33(22,23)24)29-12(14)19-5-16-8-10(19)17-13(15)18-11(8)36/h1,5-7,9,12,20-21H,4H2,2H3,(H,25,26)(H,27,28)(H2,22,23,24)(H3,15,17,18,36)/t6-,7?,9-,12-,14?/m1/s1. The molecule has 0 aliphatic carbocycles. The molecule has 0 radical (unpaired) electrons. The van der Waals surface area contributed by atoms with E-state index in [4.69, 9.17) is 43.4 Å².